The molecule has 0 amide bonds. The van der Waals surface area contributed by atoms with Gasteiger partial charge in [-0.15, -0.1) is 10.2 Å². The number of pyridine rings is 1. The number of hydrogen-bond acceptors (Lipinski definition) is 5. The van der Waals surface area contributed by atoms with Gasteiger partial charge >= 0.3 is 5.97 Å². The van der Waals surface area contributed by atoms with Gasteiger partial charge in [-0.25, -0.2) is 4.79 Å². The Kier molecular flexibility index (Phi) is 3.13. The SMILES string of the molecule is CCOC(=O)c1nnc(-c2ccccn2)n1C. The molecule has 0 N–H and O–H groups in total. The quantitative estimate of drug-likeness (QED) is 0.740. The lowest BCUT2D eigenvalue weighted by molar-refractivity contribution is 0.0507. The molecule has 0 fully saturated rings. The second kappa shape index (κ2) is 4.73. The van der Waals surface area contributed by atoms with Crippen LogP contribution in [0.15, 0.2) is 24.4 Å². The third kappa shape index (κ3) is 2.15. The van der Waals surface area contributed by atoms with Crippen molar-refractivity contribution in [3.63, 3.8) is 0 Å². The zero-order valence-corrected chi connectivity index (χ0v) is 9.62. The highest BCUT2D eigenvalue weighted by Crippen LogP contribution is 2.14. The molecular formula is C11H12N4O2. The summed E-state index contributed by atoms with van der Waals surface area (Å²) in [5.74, 6) is 0.228. The minimum atomic E-state index is -0.482. The highest BCUT2D eigenvalue weighted by Gasteiger charge is 2.18. The summed E-state index contributed by atoms with van der Waals surface area (Å²) in [7, 11) is 1.70. The number of nitrogens with zero attached hydrogens (tertiary/aromatic N) is 4. The number of carbonyl (C=O) groups is 1. The first-order valence-electron chi connectivity index (χ1n) is 5.22. The molecule has 2 aromatic heterocycles. The maximum atomic E-state index is 11.5. The maximum absolute atomic E-state index is 11.5. The first-order valence-corrected chi connectivity index (χ1v) is 5.22. The standard InChI is InChI=1S/C11H12N4O2/c1-3-17-11(16)10-14-13-9(15(10)2)8-6-4-5-7-12-8/h4-7H,3H2,1-2H3. The van der Waals surface area contributed by atoms with Crippen molar-refractivity contribution >= 4 is 5.97 Å². The Morgan fingerprint density at radius 3 is 2.88 bits per heavy atom. The summed E-state index contributed by atoms with van der Waals surface area (Å²) in [6.07, 6.45) is 1.66. The second-order valence-corrected chi connectivity index (χ2v) is 3.34. The van der Waals surface area contributed by atoms with Crippen LogP contribution in [-0.2, 0) is 11.8 Å². The topological polar surface area (TPSA) is 69.9 Å². The van der Waals surface area contributed by atoms with Crippen molar-refractivity contribution in [3.05, 3.63) is 30.2 Å². The molecule has 0 aliphatic heterocycles. The first-order chi connectivity index (χ1) is 8.24. The number of hydrogen-bond donors (Lipinski definition) is 0. The minimum absolute atomic E-state index is 0.174. The first kappa shape index (κ1) is 11.3. The number of ether oxygens (including phenoxy) is 1. The van der Waals surface area contributed by atoms with E-state index in [0.717, 1.165) is 0 Å². The summed E-state index contributed by atoms with van der Waals surface area (Å²) in [6, 6.07) is 5.46. The second-order valence-electron chi connectivity index (χ2n) is 3.34. The maximum Gasteiger partial charge on any atom is 0.376 e. The Balaban J connectivity index is 2.37. The van der Waals surface area contributed by atoms with Crippen molar-refractivity contribution in [1.82, 2.24) is 19.7 Å². The third-order valence-electron chi connectivity index (χ3n) is 2.23. The van der Waals surface area contributed by atoms with Gasteiger partial charge in [-0.1, -0.05) is 6.07 Å². The smallest absolute Gasteiger partial charge is 0.376 e. The number of rotatable bonds is 3. The fraction of sp³-hybridized carbons (Fsp3) is 0.273. The Hall–Kier alpha value is -2.24. The summed E-state index contributed by atoms with van der Waals surface area (Å²) in [6.45, 7) is 2.05. The van der Waals surface area contributed by atoms with Crippen LogP contribution in [0, 0.1) is 0 Å². The largest absolute Gasteiger partial charge is 0.460 e. The molecular weight excluding hydrogens is 220 g/mol. The van der Waals surface area contributed by atoms with E-state index in [9.17, 15) is 4.79 Å². The van der Waals surface area contributed by atoms with E-state index in [0.29, 0.717) is 18.1 Å². The summed E-state index contributed by atoms with van der Waals surface area (Å²) < 4.78 is 6.45. The van der Waals surface area contributed by atoms with E-state index in [-0.39, 0.29) is 5.82 Å². The average molecular weight is 232 g/mol. The summed E-state index contributed by atoms with van der Waals surface area (Å²) >= 11 is 0. The molecule has 0 saturated carbocycles. The van der Waals surface area contributed by atoms with E-state index in [2.05, 4.69) is 15.2 Å². The van der Waals surface area contributed by atoms with Gasteiger partial charge in [-0.05, 0) is 19.1 Å². The van der Waals surface area contributed by atoms with E-state index in [1.807, 2.05) is 12.1 Å². The van der Waals surface area contributed by atoms with E-state index >= 15 is 0 Å². The van der Waals surface area contributed by atoms with Gasteiger partial charge < -0.3 is 9.30 Å². The van der Waals surface area contributed by atoms with Crippen LogP contribution in [0.5, 0.6) is 0 Å². The van der Waals surface area contributed by atoms with Gasteiger partial charge in [-0.3, -0.25) is 4.98 Å². The lowest BCUT2D eigenvalue weighted by Crippen LogP contribution is -2.11. The lowest BCUT2D eigenvalue weighted by Gasteiger charge is -2.02. The molecule has 0 aliphatic carbocycles. The van der Waals surface area contributed by atoms with Gasteiger partial charge in [0.1, 0.15) is 5.69 Å². The molecule has 6 heteroatoms. The molecule has 2 heterocycles. The van der Waals surface area contributed by atoms with Gasteiger partial charge in [0.15, 0.2) is 5.82 Å². The van der Waals surface area contributed by atoms with E-state index < -0.39 is 5.97 Å². The predicted molar refractivity (Wildman–Crippen MR) is 60.2 cm³/mol. The Morgan fingerprint density at radius 2 is 2.24 bits per heavy atom. The van der Waals surface area contributed by atoms with Crippen molar-refractivity contribution in [3.8, 4) is 11.5 Å². The van der Waals surface area contributed by atoms with Crippen LogP contribution in [0.1, 0.15) is 17.5 Å². The third-order valence-corrected chi connectivity index (χ3v) is 2.23. The van der Waals surface area contributed by atoms with Crippen LogP contribution in [0.4, 0.5) is 0 Å². The molecule has 0 aromatic carbocycles. The molecule has 0 saturated heterocycles. The Labute approximate surface area is 98.3 Å². The van der Waals surface area contributed by atoms with E-state index in [1.54, 1.807) is 30.8 Å². The summed E-state index contributed by atoms with van der Waals surface area (Å²) in [5.41, 5.74) is 0.665. The molecule has 0 spiro atoms. The molecule has 0 unspecified atom stereocenters. The van der Waals surface area contributed by atoms with Crippen LogP contribution in [-0.4, -0.2) is 32.3 Å². The fourth-order valence-electron chi connectivity index (χ4n) is 1.42. The lowest BCUT2D eigenvalue weighted by atomic mass is 10.3. The fourth-order valence-corrected chi connectivity index (χ4v) is 1.42. The van der Waals surface area contributed by atoms with Gasteiger partial charge in [-0.2, -0.15) is 0 Å². The molecule has 2 rings (SSSR count). The Morgan fingerprint density at radius 1 is 1.41 bits per heavy atom. The normalized spacial score (nSPS) is 10.2. The monoisotopic (exact) mass is 232 g/mol. The molecule has 6 nitrogen and oxygen atoms in total. The summed E-state index contributed by atoms with van der Waals surface area (Å²) in [4.78, 5) is 15.7. The minimum Gasteiger partial charge on any atom is -0.460 e. The van der Waals surface area contributed by atoms with Gasteiger partial charge in [0.05, 0.1) is 6.61 Å². The molecule has 0 bridgehead atoms. The van der Waals surface area contributed by atoms with Crippen LogP contribution >= 0.6 is 0 Å². The molecule has 17 heavy (non-hydrogen) atoms. The number of aromatic nitrogens is 4. The van der Waals surface area contributed by atoms with Crippen LogP contribution in [0.3, 0.4) is 0 Å². The highest BCUT2D eigenvalue weighted by molar-refractivity contribution is 5.86. The molecule has 0 radical (unpaired) electrons. The van der Waals surface area contributed by atoms with Crippen molar-refractivity contribution in [2.24, 2.45) is 7.05 Å². The van der Waals surface area contributed by atoms with Crippen LogP contribution in [0.2, 0.25) is 0 Å². The van der Waals surface area contributed by atoms with E-state index in [1.165, 1.54) is 0 Å². The van der Waals surface area contributed by atoms with Crippen LogP contribution < -0.4 is 0 Å². The number of carbonyl (C=O) groups excluding carboxylic acids is 1. The van der Waals surface area contributed by atoms with Gasteiger partial charge in [0, 0.05) is 13.2 Å². The number of esters is 1. The van der Waals surface area contributed by atoms with Crippen LogP contribution in [0.25, 0.3) is 11.5 Å². The van der Waals surface area contributed by atoms with Crippen molar-refractivity contribution < 1.29 is 9.53 Å². The van der Waals surface area contributed by atoms with Gasteiger partial charge in [0.2, 0.25) is 5.82 Å². The summed E-state index contributed by atoms with van der Waals surface area (Å²) in [5, 5.41) is 7.75. The zero-order chi connectivity index (χ0) is 12.3. The Bertz CT molecular complexity index is 522. The van der Waals surface area contributed by atoms with Crippen molar-refractivity contribution in [1.29, 1.82) is 0 Å². The molecule has 0 aliphatic rings. The van der Waals surface area contributed by atoms with Crippen molar-refractivity contribution in [2.45, 2.75) is 6.92 Å². The highest BCUT2D eigenvalue weighted by atomic mass is 16.5. The van der Waals surface area contributed by atoms with E-state index in [4.69, 9.17) is 4.74 Å². The van der Waals surface area contributed by atoms with Crippen molar-refractivity contribution in [2.75, 3.05) is 6.61 Å². The average Bonchev–Trinajstić information content (AvgIpc) is 2.72. The molecule has 88 valence electrons. The zero-order valence-electron chi connectivity index (χ0n) is 9.62. The predicted octanol–water partition coefficient (Wildman–Crippen LogP) is 1.05. The molecule has 0 atom stereocenters. The molecule has 2 aromatic rings. The van der Waals surface area contributed by atoms with Gasteiger partial charge in [0.25, 0.3) is 0 Å².